The number of amides is 1. The van der Waals surface area contributed by atoms with Crippen molar-refractivity contribution in [1.29, 1.82) is 0 Å². The predicted molar refractivity (Wildman–Crippen MR) is 84.1 cm³/mol. The molecule has 1 aromatic carbocycles. The van der Waals surface area contributed by atoms with E-state index in [-0.39, 0.29) is 12.0 Å². The molecule has 0 fully saturated rings. The van der Waals surface area contributed by atoms with Gasteiger partial charge in [-0.05, 0) is 29.3 Å². The molecule has 0 radical (unpaired) electrons. The van der Waals surface area contributed by atoms with E-state index in [2.05, 4.69) is 12.1 Å². The molecule has 1 amide bonds. The highest BCUT2D eigenvalue weighted by atomic mass is 16.5. The van der Waals surface area contributed by atoms with Crippen LogP contribution in [0.1, 0.15) is 16.9 Å². The second kappa shape index (κ2) is 6.62. The van der Waals surface area contributed by atoms with E-state index in [1.165, 1.54) is 17.2 Å². The minimum atomic E-state index is -0.0566. The van der Waals surface area contributed by atoms with Crippen LogP contribution in [0.5, 0.6) is 0 Å². The average Bonchev–Trinajstić information content (AvgIpc) is 3.06. The Bertz CT molecular complexity index is 661. The molecule has 1 aromatic heterocycles. The van der Waals surface area contributed by atoms with Crippen molar-refractivity contribution in [1.82, 2.24) is 4.90 Å². The Morgan fingerprint density at radius 3 is 2.86 bits per heavy atom. The fourth-order valence-corrected chi connectivity index (χ4v) is 2.59. The third-order valence-corrected chi connectivity index (χ3v) is 3.83. The molecule has 114 valence electrons. The van der Waals surface area contributed by atoms with Gasteiger partial charge in [0.1, 0.15) is 5.76 Å². The first-order chi connectivity index (χ1) is 10.7. The molecule has 1 unspecified atom stereocenters. The van der Waals surface area contributed by atoms with Gasteiger partial charge in [0.05, 0.1) is 19.0 Å². The largest absolute Gasteiger partial charge is 0.465 e. The number of nitrogens with zero attached hydrogens (tertiary/aromatic N) is 1. The molecule has 1 aliphatic rings. The van der Waals surface area contributed by atoms with Crippen molar-refractivity contribution in [2.45, 2.75) is 19.1 Å². The van der Waals surface area contributed by atoms with Crippen molar-refractivity contribution in [3.8, 4) is 0 Å². The summed E-state index contributed by atoms with van der Waals surface area (Å²) in [5, 5.41) is 0. The molecule has 0 saturated heterocycles. The average molecular weight is 297 g/mol. The molecule has 2 aromatic rings. The van der Waals surface area contributed by atoms with Crippen LogP contribution in [0.25, 0.3) is 6.08 Å². The summed E-state index contributed by atoms with van der Waals surface area (Å²) < 4.78 is 11.0. The van der Waals surface area contributed by atoms with E-state index < -0.39 is 0 Å². The second-order valence-corrected chi connectivity index (χ2v) is 5.47. The molecule has 4 nitrogen and oxygen atoms in total. The Morgan fingerprint density at radius 2 is 2.09 bits per heavy atom. The number of rotatable bonds is 4. The van der Waals surface area contributed by atoms with Crippen LogP contribution >= 0.6 is 0 Å². The van der Waals surface area contributed by atoms with E-state index >= 15 is 0 Å². The summed E-state index contributed by atoms with van der Waals surface area (Å²) in [6.07, 6.45) is 5.67. The van der Waals surface area contributed by atoms with Gasteiger partial charge in [-0.1, -0.05) is 24.3 Å². The molecule has 0 bridgehead atoms. The van der Waals surface area contributed by atoms with Crippen LogP contribution in [0.2, 0.25) is 0 Å². The van der Waals surface area contributed by atoms with Crippen molar-refractivity contribution in [2.75, 3.05) is 13.6 Å². The first-order valence-electron chi connectivity index (χ1n) is 7.37. The highest BCUT2D eigenvalue weighted by molar-refractivity contribution is 5.91. The van der Waals surface area contributed by atoms with E-state index in [0.29, 0.717) is 18.9 Å². The van der Waals surface area contributed by atoms with E-state index in [9.17, 15) is 4.79 Å². The number of carbonyl (C=O) groups is 1. The minimum Gasteiger partial charge on any atom is -0.465 e. The summed E-state index contributed by atoms with van der Waals surface area (Å²) in [6, 6.07) is 11.9. The third kappa shape index (κ3) is 3.46. The normalized spacial score (nSPS) is 17.4. The first kappa shape index (κ1) is 14.6. The van der Waals surface area contributed by atoms with Gasteiger partial charge >= 0.3 is 0 Å². The molecule has 0 aliphatic carbocycles. The molecule has 0 N–H and O–H groups in total. The second-order valence-electron chi connectivity index (χ2n) is 5.47. The number of benzene rings is 1. The van der Waals surface area contributed by atoms with Crippen LogP contribution in [0.3, 0.4) is 0 Å². The monoisotopic (exact) mass is 297 g/mol. The Labute approximate surface area is 130 Å². The fraction of sp³-hybridized carbons (Fsp3) is 0.278. The lowest BCUT2D eigenvalue weighted by atomic mass is 9.99. The van der Waals surface area contributed by atoms with E-state index in [4.69, 9.17) is 9.15 Å². The zero-order valence-electron chi connectivity index (χ0n) is 12.6. The number of hydrogen-bond acceptors (Lipinski definition) is 3. The van der Waals surface area contributed by atoms with Crippen molar-refractivity contribution >= 4 is 12.0 Å². The van der Waals surface area contributed by atoms with E-state index in [1.54, 1.807) is 30.4 Å². The maximum Gasteiger partial charge on any atom is 0.246 e. The Kier molecular flexibility index (Phi) is 4.39. The number of ether oxygens (including phenoxy) is 1. The van der Waals surface area contributed by atoms with E-state index in [0.717, 1.165) is 6.42 Å². The smallest absolute Gasteiger partial charge is 0.246 e. The number of carbonyl (C=O) groups excluding carboxylic acids is 1. The zero-order valence-corrected chi connectivity index (χ0v) is 12.6. The van der Waals surface area contributed by atoms with Crippen LogP contribution in [-0.4, -0.2) is 30.5 Å². The summed E-state index contributed by atoms with van der Waals surface area (Å²) >= 11 is 0. The molecule has 2 heterocycles. The molecule has 3 rings (SSSR count). The van der Waals surface area contributed by atoms with E-state index in [1.807, 2.05) is 18.2 Å². The highest BCUT2D eigenvalue weighted by Crippen LogP contribution is 2.20. The van der Waals surface area contributed by atoms with Crippen molar-refractivity contribution in [3.05, 3.63) is 65.6 Å². The molecular weight excluding hydrogens is 278 g/mol. The van der Waals surface area contributed by atoms with Crippen LogP contribution in [-0.2, 0) is 22.6 Å². The Balaban J connectivity index is 1.56. The molecular formula is C18H19NO3. The van der Waals surface area contributed by atoms with Crippen LogP contribution < -0.4 is 0 Å². The number of hydrogen-bond donors (Lipinski definition) is 0. The third-order valence-electron chi connectivity index (χ3n) is 3.83. The van der Waals surface area contributed by atoms with Gasteiger partial charge in [0.15, 0.2) is 0 Å². The number of likely N-dealkylation sites (N-methyl/N-ethyl adjacent to an activating group) is 1. The summed E-state index contributed by atoms with van der Waals surface area (Å²) in [7, 11) is 1.79. The lowest BCUT2D eigenvalue weighted by molar-refractivity contribution is -0.126. The molecule has 1 aliphatic heterocycles. The SMILES string of the molecule is CN(CC1Cc2ccccc2CO1)C(=O)/C=C/c1ccco1. The maximum absolute atomic E-state index is 12.1. The first-order valence-corrected chi connectivity index (χ1v) is 7.37. The summed E-state index contributed by atoms with van der Waals surface area (Å²) in [5.74, 6) is 0.614. The molecule has 0 saturated carbocycles. The summed E-state index contributed by atoms with van der Waals surface area (Å²) in [4.78, 5) is 13.8. The maximum atomic E-state index is 12.1. The van der Waals surface area contributed by atoms with Gasteiger partial charge in [-0.2, -0.15) is 0 Å². The van der Waals surface area contributed by atoms with Crippen LogP contribution in [0, 0.1) is 0 Å². The van der Waals surface area contributed by atoms with Crippen molar-refractivity contribution in [3.63, 3.8) is 0 Å². The fourth-order valence-electron chi connectivity index (χ4n) is 2.59. The van der Waals surface area contributed by atoms with Gasteiger partial charge < -0.3 is 14.1 Å². The minimum absolute atomic E-state index is 0.0425. The van der Waals surface area contributed by atoms with Gasteiger partial charge in [0.25, 0.3) is 0 Å². The summed E-state index contributed by atoms with van der Waals surface area (Å²) in [5.41, 5.74) is 2.55. The zero-order chi connectivity index (χ0) is 15.4. The highest BCUT2D eigenvalue weighted by Gasteiger charge is 2.21. The van der Waals surface area contributed by atoms with Crippen LogP contribution in [0.4, 0.5) is 0 Å². The Morgan fingerprint density at radius 1 is 1.27 bits per heavy atom. The van der Waals surface area contributed by atoms with Gasteiger partial charge in [-0.3, -0.25) is 4.79 Å². The molecule has 4 heteroatoms. The van der Waals surface area contributed by atoms with Gasteiger partial charge in [0, 0.05) is 26.1 Å². The predicted octanol–water partition coefficient (Wildman–Crippen LogP) is 2.89. The molecule has 1 atom stereocenters. The standard InChI is InChI=1S/C18H19NO3/c1-19(18(20)9-8-16-7-4-10-21-16)12-17-11-14-5-2-3-6-15(14)13-22-17/h2-10,17H,11-13H2,1H3/b9-8+. The lowest BCUT2D eigenvalue weighted by Crippen LogP contribution is -2.37. The topological polar surface area (TPSA) is 42.7 Å². The van der Waals surface area contributed by atoms with Crippen molar-refractivity contribution in [2.24, 2.45) is 0 Å². The lowest BCUT2D eigenvalue weighted by Gasteiger charge is -2.28. The summed E-state index contributed by atoms with van der Waals surface area (Å²) in [6.45, 7) is 1.20. The number of fused-ring (bicyclic) bond motifs is 1. The molecule has 22 heavy (non-hydrogen) atoms. The van der Waals surface area contributed by atoms with Crippen LogP contribution in [0.15, 0.2) is 53.2 Å². The quantitative estimate of drug-likeness (QED) is 0.815. The van der Waals surface area contributed by atoms with Gasteiger partial charge in [0.2, 0.25) is 5.91 Å². The molecule has 0 spiro atoms. The van der Waals surface area contributed by atoms with Gasteiger partial charge in [-0.25, -0.2) is 0 Å². The Hall–Kier alpha value is -2.33. The van der Waals surface area contributed by atoms with Crippen molar-refractivity contribution < 1.29 is 13.9 Å². The van der Waals surface area contributed by atoms with Gasteiger partial charge in [-0.15, -0.1) is 0 Å². The number of furan rings is 1.